The summed E-state index contributed by atoms with van der Waals surface area (Å²) in [5.74, 6) is -0.227. The Morgan fingerprint density at radius 1 is 0.781 bits per heavy atom. The molecule has 0 bridgehead atoms. The summed E-state index contributed by atoms with van der Waals surface area (Å²) in [5, 5.41) is 3.25. The summed E-state index contributed by atoms with van der Waals surface area (Å²) in [6.07, 6.45) is 0. The molecule has 0 saturated heterocycles. The molecule has 0 spiro atoms. The number of ether oxygens (including phenoxy) is 1. The van der Waals surface area contributed by atoms with Crippen LogP contribution >= 0.6 is 0 Å². The van der Waals surface area contributed by atoms with Crippen molar-refractivity contribution in [2.75, 3.05) is 17.3 Å². The zero-order valence-electron chi connectivity index (χ0n) is 18.9. The first kappa shape index (κ1) is 21.4. The number of imide groups is 1. The van der Waals surface area contributed by atoms with Crippen LogP contribution in [0.25, 0.3) is 5.57 Å². The van der Waals surface area contributed by atoms with E-state index in [-0.39, 0.29) is 17.5 Å². The molecular weight excluding hydrogens is 400 g/mol. The smallest absolute Gasteiger partial charge is 0.282 e. The van der Waals surface area contributed by atoms with E-state index in [4.69, 9.17) is 4.74 Å². The molecule has 2 amide bonds. The van der Waals surface area contributed by atoms with Gasteiger partial charge in [-0.1, -0.05) is 36.4 Å². The molecule has 0 saturated carbocycles. The first-order valence-electron chi connectivity index (χ1n) is 10.5. The number of amides is 2. The molecule has 0 aliphatic carbocycles. The van der Waals surface area contributed by atoms with Crippen LogP contribution in [0.5, 0.6) is 5.75 Å². The first-order chi connectivity index (χ1) is 15.3. The molecule has 5 heteroatoms. The number of rotatable bonds is 5. The topological polar surface area (TPSA) is 58.6 Å². The predicted molar refractivity (Wildman–Crippen MR) is 128 cm³/mol. The fourth-order valence-corrected chi connectivity index (χ4v) is 4.12. The molecule has 4 rings (SSSR count). The maximum atomic E-state index is 13.7. The summed E-state index contributed by atoms with van der Waals surface area (Å²) in [7, 11) is 1.56. The number of para-hydroxylation sites is 1. The van der Waals surface area contributed by atoms with Gasteiger partial charge in [-0.15, -0.1) is 0 Å². The van der Waals surface area contributed by atoms with Crippen molar-refractivity contribution < 1.29 is 14.3 Å². The van der Waals surface area contributed by atoms with Gasteiger partial charge in [0.25, 0.3) is 11.8 Å². The second kappa shape index (κ2) is 8.35. The van der Waals surface area contributed by atoms with Crippen molar-refractivity contribution in [2.45, 2.75) is 27.7 Å². The van der Waals surface area contributed by atoms with Crippen molar-refractivity contribution in [1.82, 2.24) is 0 Å². The van der Waals surface area contributed by atoms with Crippen molar-refractivity contribution in [3.8, 4) is 5.75 Å². The molecule has 0 unspecified atom stereocenters. The van der Waals surface area contributed by atoms with Crippen LogP contribution in [0, 0.1) is 27.7 Å². The normalized spacial score (nSPS) is 13.7. The third kappa shape index (κ3) is 3.78. The van der Waals surface area contributed by atoms with Crippen LogP contribution in [0.15, 0.2) is 66.4 Å². The number of benzene rings is 3. The van der Waals surface area contributed by atoms with Crippen molar-refractivity contribution in [3.05, 3.63) is 94.2 Å². The molecule has 1 aliphatic rings. The van der Waals surface area contributed by atoms with Gasteiger partial charge >= 0.3 is 0 Å². The third-order valence-electron chi connectivity index (χ3n) is 5.56. The van der Waals surface area contributed by atoms with Crippen molar-refractivity contribution in [2.24, 2.45) is 0 Å². The number of hydrogen-bond donors (Lipinski definition) is 1. The number of nitrogens with zero attached hydrogens (tertiary/aromatic N) is 1. The third-order valence-corrected chi connectivity index (χ3v) is 5.56. The Hall–Kier alpha value is -3.86. The summed E-state index contributed by atoms with van der Waals surface area (Å²) in [6, 6.07) is 19.0. The van der Waals surface area contributed by atoms with Crippen LogP contribution in [-0.2, 0) is 9.59 Å². The lowest BCUT2D eigenvalue weighted by Gasteiger charge is -2.18. The van der Waals surface area contributed by atoms with Gasteiger partial charge in [0, 0.05) is 11.3 Å². The van der Waals surface area contributed by atoms with Gasteiger partial charge in [-0.2, -0.15) is 0 Å². The van der Waals surface area contributed by atoms with Crippen LogP contribution in [0.4, 0.5) is 11.4 Å². The molecule has 32 heavy (non-hydrogen) atoms. The van der Waals surface area contributed by atoms with Crippen LogP contribution in [0.3, 0.4) is 0 Å². The number of anilines is 2. The summed E-state index contributed by atoms with van der Waals surface area (Å²) in [6.45, 7) is 7.83. The van der Waals surface area contributed by atoms with E-state index in [0.717, 1.165) is 27.9 Å². The highest BCUT2D eigenvalue weighted by Gasteiger charge is 2.41. The Morgan fingerprint density at radius 3 is 2.16 bits per heavy atom. The van der Waals surface area contributed by atoms with Crippen molar-refractivity contribution >= 4 is 28.8 Å². The molecule has 0 radical (unpaired) electrons. The Balaban J connectivity index is 1.91. The zero-order valence-corrected chi connectivity index (χ0v) is 18.9. The molecule has 1 N–H and O–H groups in total. The quantitative estimate of drug-likeness (QED) is 0.561. The number of carbonyl (C=O) groups excluding carboxylic acids is 2. The molecule has 1 heterocycles. The van der Waals surface area contributed by atoms with E-state index in [1.165, 1.54) is 4.90 Å². The molecule has 0 aromatic heterocycles. The average Bonchev–Trinajstić information content (AvgIpc) is 2.98. The van der Waals surface area contributed by atoms with E-state index in [1.807, 2.05) is 70.2 Å². The Morgan fingerprint density at radius 2 is 1.47 bits per heavy atom. The fourth-order valence-electron chi connectivity index (χ4n) is 4.12. The minimum absolute atomic E-state index is 0.241. The first-order valence-corrected chi connectivity index (χ1v) is 10.5. The Labute approximate surface area is 188 Å². The largest absolute Gasteiger partial charge is 0.496 e. The van der Waals surface area contributed by atoms with Gasteiger partial charge in [0.05, 0.1) is 18.4 Å². The highest BCUT2D eigenvalue weighted by Crippen LogP contribution is 2.38. The highest BCUT2D eigenvalue weighted by atomic mass is 16.5. The van der Waals surface area contributed by atoms with E-state index in [9.17, 15) is 9.59 Å². The molecule has 1 aliphatic heterocycles. The van der Waals surface area contributed by atoms with Crippen LogP contribution in [0.1, 0.15) is 27.8 Å². The standard InChI is InChI=1S/C27H26N2O3/c1-16-10-11-19(4)22(15-16)29-26(30)24(21-8-6-7-9-23(21)32-5)25(27(29)31)28-20-13-17(2)12-18(3)14-20/h6-15,28H,1-5H3. The SMILES string of the molecule is COc1ccccc1C1=C(Nc2cc(C)cc(C)c2)C(=O)N(c2cc(C)ccc2C)C1=O. The fraction of sp³-hybridized carbons (Fsp3) is 0.185. The van der Waals surface area contributed by atoms with E-state index in [1.54, 1.807) is 19.2 Å². The van der Waals surface area contributed by atoms with E-state index >= 15 is 0 Å². The van der Waals surface area contributed by atoms with Crippen LogP contribution in [0.2, 0.25) is 0 Å². The van der Waals surface area contributed by atoms with Crippen molar-refractivity contribution in [1.29, 1.82) is 0 Å². The molecule has 3 aromatic carbocycles. The molecule has 3 aromatic rings. The number of methoxy groups -OCH3 is 1. The number of hydrogen-bond acceptors (Lipinski definition) is 4. The lowest BCUT2D eigenvalue weighted by Crippen LogP contribution is -2.33. The maximum absolute atomic E-state index is 13.7. The maximum Gasteiger partial charge on any atom is 0.282 e. The minimum Gasteiger partial charge on any atom is -0.496 e. The molecule has 5 nitrogen and oxygen atoms in total. The second-order valence-electron chi connectivity index (χ2n) is 8.19. The van der Waals surface area contributed by atoms with Gasteiger partial charge in [-0.05, 0) is 74.2 Å². The summed E-state index contributed by atoms with van der Waals surface area (Å²) in [4.78, 5) is 28.7. The highest BCUT2D eigenvalue weighted by molar-refractivity contribution is 6.46. The Kier molecular flexibility index (Phi) is 5.57. The molecule has 0 fully saturated rings. The number of nitrogens with one attached hydrogen (secondary N) is 1. The second-order valence-corrected chi connectivity index (χ2v) is 8.19. The van der Waals surface area contributed by atoms with E-state index in [0.29, 0.717) is 22.6 Å². The number of carbonyl (C=O) groups is 2. The van der Waals surface area contributed by atoms with Crippen LogP contribution in [-0.4, -0.2) is 18.9 Å². The Bertz CT molecular complexity index is 1250. The lowest BCUT2D eigenvalue weighted by molar-refractivity contribution is -0.120. The van der Waals surface area contributed by atoms with Gasteiger partial charge in [0.1, 0.15) is 11.4 Å². The summed E-state index contributed by atoms with van der Waals surface area (Å²) in [5.41, 5.74) is 6.42. The van der Waals surface area contributed by atoms with Gasteiger partial charge in [-0.25, -0.2) is 4.90 Å². The zero-order chi connectivity index (χ0) is 23.0. The van der Waals surface area contributed by atoms with Crippen molar-refractivity contribution in [3.63, 3.8) is 0 Å². The van der Waals surface area contributed by atoms with Gasteiger partial charge < -0.3 is 10.1 Å². The molecule has 0 atom stereocenters. The molecule has 162 valence electrons. The average molecular weight is 427 g/mol. The summed E-state index contributed by atoms with van der Waals surface area (Å²) >= 11 is 0. The van der Waals surface area contributed by atoms with Gasteiger partial charge in [0.15, 0.2) is 0 Å². The monoisotopic (exact) mass is 426 g/mol. The predicted octanol–water partition coefficient (Wildman–Crippen LogP) is 5.33. The van der Waals surface area contributed by atoms with Crippen LogP contribution < -0.4 is 15.0 Å². The van der Waals surface area contributed by atoms with Gasteiger partial charge in [0.2, 0.25) is 0 Å². The minimum atomic E-state index is -0.385. The molecular formula is C27H26N2O3. The van der Waals surface area contributed by atoms with E-state index in [2.05, 4.69) is 11.4 Å². The number of aryl methyl sites for hydroxylation is 4. The lowest BCUT2D eigenvalue weighted by atomic mass is 10.0. The van der Waals surface area contributed by atoms with E-state index < -0.39 is 0 Å². The summed E-state index contributed by atoms with van der Waals surface area (Å²) < 4.78 is 5.52. The van der Waals surface area contributed by atoms with Gasteiger partial charge in [-0.3, -0.25) is 9.59 Å².